The van der Waals surface area contributed by atoms with E-state index >= 15 is 0 Å². The van der Waals surface area contributed by atoms with Crippen LogP contribution in [0.5, 0.6) is 0 Å². The quantitative estimate of drug-likeness (QED) is 0.598. The maximum atomic E-state index is 12.3. The highest BCUT2D eigenvalue weighted by atomic mass is 35.5. The minimum atomic E-state index is -0.137. The number of hydrogen-bond donors (Lipinski definition) is 2. The monoisotopic (exact) mass is 440 g/mol. The number of anilines is 1. The second-order valence-electron chi connectivity index (χ2n) is 7.21. The lowest BCUT2D eigenvalue weighted by molar-refractivity contribution is 0.0955. The van der Waals surface area contributed by atoms with Crippen molar-refractivity contribution in [2.45, 2.75) is 13.0 Å². The molecule has 0 saturated heterocycles. The number of carbonyl (C=O) groups excluding carboxylic acids is 1. The van der Waals surface area contributed by atoms with Gasteiger partial charge in [-0.05, 0) is 47.9 Å². The zero-order valence-electron chi connectivity index (χ0n) is 16.4. The van der Waals surface area contributed by atoms with E-state index in [2.05, 4.69) is 16.3 Å². The van der Waals surface area contributed by atoms with Crippen molar-refractivity contribution in [3.05, 3.63) is 81.3 Å². The van der Waals surface area contributed by atoms with E-state index in [9.17, 15) is 4.79 Å². The summed E-state index contributed by atoms with van der Waals surface area (Å²) in [5, 5.41) is 4.08. The SMILES string of the molecule is NCCNC(=O)c1cccc(-c2ccc3c(n2)N(Cc2ccc(Cl)cc2Cl)CC3)c1. The predicted octanol–water partition coefficient (Wildman–Crippen LogP) is 4.31. The number of rotatable bonds is 6. The van der Waals surface area contributed by atoms with Crippen LogP contribution in [0.3, 0.4) is 0 Å². The van der Waals surface area contributed by atoms with Crippen molar-refractivity contribution < 1.29 is 4.79 Å². The van der Waals surface area contributed by atoms with Crippen molar-refractivity contribution in [3.63, 3.8) is 0 Å². The van der Waals surface area contributed by atoms with Crippen LogP contribution >= 0.6 is 23.2 Å². The van der Waals surface area contributed by atoms with Crippen LogP contribution < -0.4 is 16.0 Å². The first-order valence-electron chi connectivity index (χ1n) is 9.82. The summed E-state index contributed by atoms with van der Waals surface area (Å²) in [6.45, 7) is 2.40. The normalized spacial score (nSPS) is 12.7. The Morgan fingerprint density at radius 1 is 1.13 bits per heavy atom. The van der Waals surface area contributed by atoms with Crippen LogP contribution in [0.1, 0.15) is 21.5 Å². The molecule has 30 heavy (non-hydrogen) atoms. The van der Waals surface area contributed by atoms with Crippen LogP contribution in [0.25, 0.3) is 11.3 Å². The van der Waals surface area contributed by atoms with Gasteiger partial charge in [-0.3, -0.25) is 4.79 Å². The van der Waals surface area contributed by atoms with Crippen molar-refractivity contribution in [1.82, 2.24) is 10.3 Å². The maximum absolute atomic E-state index is 12.3. The number of hydrogen-bond acceptors (Lipinski definition) is 4. The molecular weight excluding hydrogens is 419 g/mol. The lowest BCUT2D eigenvalue weighted by Crippen LogP contribution is -2.28. The van der Waals surface area contributed by atoms with Gasteiger partial charge in [0.25, 0.3) is 5.91 Å². The number of pyridine rings is 1. The van der Waals surface area contributed by atoms with Crippen molar-refractivity contribution >= 4 is 34.9 Å². The van der Waals surface area contributed by atoms with Crippen molar-refractivity contribution in [1.29, 1.82) is 0 Å². The number of amides is 1. The van der Waals surface area contributed by atoms with E-state index in [1.807, 2.05) is 36.4 Å². The molecule has 7 heteroatoms. The highest BCUT2D eigenvalue weighted by Gasteiger charge is 2.22. The first-order chi connectivity index (χ1) is 14.5. The smallest absolute Gasteiger partial charge is 0.251 e. The van der Waals surface area contributed by atoms with Gasteiger partial charge >= 0.3 is 0 Å². The van der Waals surface area contributed by atoms with Crippen LogP contribution in [0, 0.1) is 0 Å². The Morgan fingerprint density at radius 2 is 2.00 bits per heavy atom. The van der Waals surface area contributed by atoms with Gasteiger partial charge in [-0.2, -0.15) is 0 Å². The molecule has 3 aromatic rings. The molecule has 2 heterocycles. The molecule has 3 N–H and O–H groups in total. The second-order valence-corrected chi connectivity index (χ2v) is 8.06. The molecule has 0 atom stereocenters. The fourth-order valence-corrected chi connectivity index (χ4v) is 4.05. The number of fused-ring (bicyclic) bond motifs is 1. The molecule has 1 aromatic heterocycles. The molecule has 1 aliphatic rings. The van der Waals surface area contributed by atoms with Crippen molar-refractivity contribution in [2.24, 2.45) is 5.73 Å². The Labute approximate surface area is 185 Å². The van der Waals surface area contributed by atoms with Crippen LogP contribution in [0.4, 0.5) is 5.82 Å². The molecule has 4 rings (SSSR count). The molecule has 0 unspecified atom stereocenters. The Bertz CT molecular complexity index is 1090. The molecule has 0 saturated carbocycles. The number of nitrogens with one attached hydrogen (secondary N) is 1. The summed E-state index contributed by atoms with van der Waals surface area (Å²) in [6.07, 6.45) is 0.940. The summed E-state index contributed by atoms with van der Waals surface area (Å²) < 4.78 is 0. The molecular formula is C23H22Cl2N4O. The third-order valence-corrected chi connectivity index (χ3v) is 5.72. The number of aromatic nitrogens is 1. The average Bonchev–Trinajstić information content (AvgIpc) is 3.16. The van der Waals surface area contributed by atoms with Crippen molar-refractivity contribution in [2.75, 3.05) is 24.5 Å². The lowest BCUT2D eigenvalue weighted by Gasteiger charge is -2.20. The number of halogens is 2. The van der Waals surface area contributed by atoms with Crippen LogP contribution in [0.15, 0.2) is 54.6 Å². The van der Waals surface area contributed by atoms with Gasteiger partial charge in [0.2, 0.25) is 0 Å². The van der Waals surface area contributed by atoms with Crippen molar-refractivity contribution in [3.8, 4) is 11.3 Å². The summed E-state index contributed by atoms with van der Waals surface area (Å²) in [5.74, 6) is 0.818. The Balaban J connectivity index is 1.60. The molecule has 0 spiro atoms. The van der Waals surface area contributed by atoms with Gasteiger partial charge < -0.3 is 16.0 Å². The van der Waals surface area contributed by atoms with E-state index < -0.39 is 0 Å². The van der Waals surface area contributed by atoms with E-state index in [4.69, 9.17) is 33.9 Å². The summed E-state index contributed by atoms with van der Waals surface area (Å²) in [7, 11) is 0. The third-order valence-electron chi connectivity index (χ3n) is 5.13. The van der Waals surface area contributed by atoms with E-state index in [-0.39, 0.29) is 5.91 Å². The Morgan fingerprint density at radius 3 is 2.80 bits per heavy atom. The summed E-state index contributed by atoms with van der Waals surface area (Å²) >= 11 is 12.4. The Hall–Kier alpha value is -2.60. The first-order valence-corrected chi connectivity index (χ1v) is 10.6. The molecule has 0 aliphatic carbocycles. The fourth-order valence-electron chi connectivity index (χ4n) is 3.59. The van der Waals surface area contributed by atoms with Gasteiger partial charge in [-0.15, -0.1) is 0 Å². The minimum absolute atomic E-state index is 0.137. The van der Waals surface area contributed by atoms with E-state index in [1.54, 1.807) is 12.1 Å². The number of nitrogens with two attached hydrogens (primary N) is 1. The van der Waals surface area contributed by atoms with Crippen LogP contribution in [0.2, 0.25) is 10.0 Å². The average molecular weight is 441 g/mol. The molecule has 5 nitrogen and oxygen atoms in total. The molecule has 2 aromatic carbocycles. The third kappa shape index (κ3) is 4.43. The maximum Gasteiger partial charge on any atom is 0.251 e. The summed E-state index contributed by atoms with van der Waals surface area (Å²) in [5.41, 5.74) is 10.0. The largest absolute Gasteiger partial charge is 0.352 e. The van der Waals surface area contributed by atoms with Crippen LogP contribution in [-0.2, 0) is 13.0 Å². The van der Waals surface area contributed by atoms with E-state index in [0.29, 0.717) is 35.2 Å². The molecule has 1 aliphatic heterocycles. The predicted molar refractivity (Wildman–Crippen MR) is 122 cm³/mol. The van der Waals surface area contributed by atoms with E-state index in [0.717, 1.165) is 35.6 Å². The molecule has 1 amide bonds. The second kappa shape index (κ2) is 9.04. The molecule has 0 bridgehead atoms. The summed E-state index contributed by atoms with van der Waals surface area (Å²) in [4.78, 5) is 19.4. The van der Waals surface area contributed by atoms with Gasteiger partial charge in [-0.1, -0.05) is 47.5 Å². The fraction of sp³-hybridized carbons (Fsp3) is 0.217. The highest BCUT2D eigenvalue weighted by Crippen LogP contribution is 2.32. The first kappa shape index (κ1) is 20.7. The number of carbonyl (C=O) groups is 1. The van der Waals surface area contributed by atoms with Gasteiger partial charge in [0, 0.05) is 47.4 Å². The standard InChI is InChI=1S/C23H22Cl2N4O/c24-19-6-4-18(20(25)13-19)14-29-11-8-15-5-7-21(28-22(15)29)16-2-1-3-17(12-16)23(30)27-10-9-26/h1-7,12-13H,8-11,14,26H2,(H,27,30). The number of benzene rings is 2. The van der Waals surface area contributed by atoms with Gasteiger partial charge in [0.1, 0.15) is 5.82 Å². The highest BCUT2D eigenvalue weighted by molar-refractivity contribution is 6.35. The van der Waals surface area contributed by atoms with Gasteiger partial charge in [-0.25, -0.2) is 4.98 Å². The zero-order chi connectivity index (χ0) is 21.1. The number of nitrogens with zero attached hydrogens (tertiary/aromatic N) is 2. The molecule has 154 valence electrons. The lowest BCUT2D eigenvalue weighted by atomic mass is 10.1. The minimum Gasteiger partial charge on any atom is -0.352 e. The Kier molecular flexibility index (Phi) is 6.23. The van der Waals surface area contributed by atoms with Gasteiger partial charge in [0.05, 0.1) is 5.69 Å². The van der Waals surface area contributed by atoms with Crippen LogP contribution in [-0.4, -0.2) is 30.5 Å². The topological polar surface area (TPSA) is 71.2 Å². The molecule has 0 fully saturated rings. The van der Waals surface area contributed by atoms with Gasteiger partial charge in [0.15, 0.2) is 0 Å². The zero-order valence-corrected chi connectivity index (χ0v) is 17.9. The summed E-state index contributed by atoms with van der Waals surface area (Å²) in [6, 6.07) is 17.2. The molecule has 0 radical (unpaired) electrons. The van der Waals surface area contributed by atoms with E-state index in [1.165, 1.54) is 5.56 Å².